The van der Waals surface area contributed by atoms with Gasteiger partial charge in [-0.2, -0.15) is 0 Å². The summed E-state index contributed by atoms with van der Waals surface area (Å²) in [6.07, 6.45) is -5.47. The van der Waals surface area contributed by atoms with Crippen molar-refractivity contribution in [3.05, 3.63) is 23.8 Å². The van der Waals surface area contributed by atoms with E-state index >= 15 is 0 Å². The number of carboxylic acid groups (broad SMARTS) is 1. The number of rotatable bonds is 8. The second-order valence-corrected chi connectivity index (χ2v) is 18.4. The number of phenols is 1. The molecule has 1 aromatic carbocycles. The molecule has 4 heterocycles. The van der Waals surface area contributed by atoms with Crippen molar-refractivity contribution in [3.63, 3.8) is 0 Å². The van der Waals surface area contributed by atoms with Crippen LogP contribution in [0.4, 0.5) is 0 Å². The summed E-state index contributed by atoms with van der Waals surface area (Å²) in [4.78, 5) is 126. The zero-order valence-corrected chi connectivity index (χ0v) is 36.3. The molecule has 2 bridgehead atoms. The number of H-pyrrole nitrogens is 1. The van der Waals surface area contributed by atoms with E-state index in [0.717, 1.165) is 6.07 Å². The standard InChI is InChI=1S/C39H53N9O16S/c1-4-17(2)31-35(60)41-11-28(54)42-26-15-65(63,64)37-22(21-6-5-19(51)7-23(21)45-37)8-24(33(58)40-12-29(55)46-31)43-36(61)32(18(3)27(53)14-49)47-39(16-50)10-20(52)13-48(39)38(62)25(9-30(56)57)44-34(26)59/h5-7,16-18,20,24-27,31-32,45,47,49,51-53H,4,8-15H2,1-3H3,(H,40,58)(H,41,60)(H,42,54)(H,43,61)(H,44,59)(H,46,55)(H,56,57)/t17-,18-,20+,24-,25-,26-,27-,31-,32-,39-/m0/s1. The highest BCUT2D eigenvalue weighted by Crippen LogP contribution is 2.32. The molecule has 3 aliphatic rings. The van der Waals surface area contributed by atoms with Crippen LogP contribution in [0.5, 0.6) is 5.75 Å². The molecule has 10 atom stereocenters. The number of nitrogens with zero attached hydrogens (tertiary/aromatic N) is 1. The topological polar surface area (TPSA) is 392 Å². The largest absolute Gasteiger partial charge is 0.508 e. The molecule has 356 valence electrons. The van der Waals surface area contributed by atoms with Crippen molar-refractivity contribution >= 4 is 74.3 Å². The van der Waals surface area contributed by atoms with Crippen LogP contribution in [0.25, 0.3) is 10.9 Å². The van der Waals surface area contributed by atoms with E-state index in [2.05, 4.69) is 42.2 Å². The van der Waals surface area contributed by atoms with Gasteiger partial charge in [0.1, 0.15) is 34.9 Å². The molecule has 26 heteroatoms. The quantitative estimate of drug-likeness (QED) is 0.110. The number of carbonyl (C=O) groups excluding carboxylic acids is 8. The van der Waals surface area contributed by atoms with E-state index in [1.165, 1.54) is 19.1 Å². The van der Waals surface area contributed by atoms with E-state index in [1.807, 2.05) is 0 Å². The molecule has 0 unspecified atom stereocenters. The van der Waals surface area contributed by atoms with E-state index in [0.29, 0.717) is 11.3 Å². The van der Waals surface area contributed by atoms with E-state index < -0.39 is 173 Å². The van der Waals surface area contributed by atoms with Gasteiger partial charge in [0.2, 0.25) is 41.4 Å². The molecule has 1 fully saturated rings. The summed E-state index contributed by atoms with van der Waals surface area (Å²) in [7, 11) is -4.95. The fraction of sp³-hybridized carbons (Fsp3) is 0.564. The Labute approximate surface area is 370 Å². The number of aliphatic carboxylic acids is 1. The first-order chi connectivity index (χ1) is 30.5. The number of aldehydes is 1. The maximum Gasteiger partial charge on any atom is 0.305 e. The van der Waals surface area contributed by atoms with Crippen LogP contribution in [0.2, 0.25) is 0 Å². The average Bonchev–Trinajstić information content (AvgIpc) is 3.79. The highest BCUT2D eigenvalue weighted by Gasteiger charge is 2.53. The van der Waals surface area contributed by atoms with Crippen LogP contribution in [0.15, 0.2) is 23.2 Å². The molecular formula is C39H53N9O16S. The van der Waals surface area contributed by atoms with Gasteiger partial charge < -0.3 is 67.3 Å². The molecule has 65 heavy (non-hydrogen) atoms. The third-order valence-electron chi connectivity index (χ3n) is 11.8. The van der Waals surface area contributed by atoms with Crippen molar-refractivity contribution in [1.82, 2.24) is 47.1 Å². The lowest BCUT2D eigenvalue weighted by Crippen LogP contribution is -2.69. The van der Waals surface area contributed by atoms with Crippen LogP contribution < -0.4 is 37.2 Å². The average molecular weight is 936 g/mol. The number of hydrogen-bond donors (Lipinski definition) is 13. The number of sulfone groups is 1. The van der Waals surface area contributed by atoms with Crippen molar-refractivity contribution in [3.8, 4) is 5.75 Å². The van der Waals surface area contributed by atoms with Gasteiger partial charge in [-0.3, -0.25) is 48.5 Å². The molecule has 2 aromatic rings. The number of benzene rings is 1. The van der Waals surface area contributed by atoms with Gasteiger partial charge in [-0.25, -0.2) is 8.42 Å². The maximum absolute atomic E-state index is 14.6. The normalized spacial score (nSPS) is 28.9. The molecule has 5 rings (SSSR count). The summed E-state index contributed by atoms with van der Waals surface area (Å²) in [5, 5.41) is 67.9. The number of amides is 7. The van der Waals surface area contributed by atoms with Gasteiger partial charge in [-0.1, -0.05) is 27.2 Å². The Hall–Kier alpha value is -6.22. The molecule has 1 saturated heterocycles. The summed E-state index contributed by atoms with van der Waals surface area (Å²) in [5.41, 5.74) is -2.69. The number of aliphatic hydroxyl groups excluding tert-OH is 3. The number of aliphatic hydroxyl groups is 3. The third kappa shape index (κ3) is 11.2. The van der Waals surface area contributed by atoms with Gasteiger partial charge in [0.15, 0.2) is 21.8 Å². The van der Waals surface area contributed by atoms with Gasteiger partial charge in [0.25, 0.3) is 0 Å². The molecule has 0 radical (unpaired) electrons. The number of aromatic amines is 1. The van der Waals surface area contributed by atoms with Crippen LogP contribution >= 0.6 is 0 Å². The van der Waals surface area contributed by atoms with Crippen LogP contribution in [-0.4, -0.2) is 178 Å². The van der Waals surface area contributed by atoms with Crippen molar-refractivity contribution in [1.29, 1.82) is 0 Å². The monoisotopic (exact) mass is 935 g/mol. The third-order valence-corrected chi connectivity index (χ3v) is 13.5. The van der Waals surface area contributed by atoms with Gasteiger partial charge >= 0.3 is 5.97 Å². The number of nitrogens with one attached hydrogen (secondary N) is 8. The molecule has 25 nitrogen and oxygen atoms in total. The fourth-order valence-corrected chi connectivity index (χ4v) is 9.67. The number of aromatic hydroxyl groups is 1. The van der Waals surface area contributed by atoms with Crippen LogP contribution in [-0.2, 0) is 59.4 Å². The van der Waals surface area contributed by atoms with E-state index in [9.17, 15) is 77.1 Å². The van der Waals surface area contributed by atoms with Gasteiger partial charge in [-0.15, -0.1) is 0 Å². The number of carboxylic acids is 1. The minimum Gasteiger partial charge on any atom is -0.508 e. The van der Waals surface area contributed by atoms with Crippen molar-refractivity contribution < 1.29 is 77.1 Å². The lowest BCUT2D eigenvalue weighted by Gasteiger charge is -2.40. The second kappa shape index (κ2) is 20.3. The highest BCUT2D eigenvalue weighted by atomic mass is 32.2. The van der Waals surface area contributed by atoms with Crippen molar-refractivity contribution in [2.45, 2.75) is 99.6 Å². The molecule has 7 amide bonds. The Morgan fingerprint density at radius 3 is 2.22 bits per heavy atom. The minimum absolute atomic E-state index is 0.0354. The number of carbonyl (C=O) groups is 9. The van der Waals surface area contributed by atoms with Gasteiger partial charge in [-0.05, 0) is 23.6 Å². The number of hydrogen-bond acceptors (Lipinski definition) is 16. The summed E-state index contributed by atoms with van der Waals surface area (Å²) >= 11 is 0. The summed E-state index contributed by atoms with van der Waals surface area (Å²) in [5.74, 6) is -13.5. The Kier molecular flexibility index (Phi) is 15.6. The van der Waals surface area contributed by atoms with Crippen molar-refractivity contribution in [2.24, 2.45) is 11.8 Å². The zero-order chi connectivity index (χ0) is 48.1. The van der Waals surface area contributed by atoms with E-state index in [1.54, 1.807) is 13.8 Å². The van der Waals surface area contributed by atoms with Crippen LogP contribution in [0.3, 0.4) is 0 Å². The van der Waals surface area contributed by atoms with Crippen molar-refractivity contribution in [2.75, 3.05) is 32.0 Å². The Bertz CT molecular complexity index is 2340. The van der Waals surface area contributed by atoms with E-state index in [-0.39, 0.29) is 28.5 Å². The summed E-state index contributed by atoms with van der Waals surface area (Å²) in [6.45, 7) is 1.15. The molecule has 3 aliphatic heterocycles. The molecule has 0 saturated carbocycles. The molecule has 1 aromatic heterocycles. The molecule has 0 aliphatic carbocycles. The van der Waals surface area contributed by atoms with Gasteiger partial charge in [0.05, 0.1) is 55.6 Å². The van der Waals surface area contributed by atoms with Crippen LogP contribution in [0, 0.1) is 11.8 Å². The van der Waals surface area contributed by atoms with Gasteiger partial charge in [0, 0.05) is 36.8 Å². The smallest absolute Gasteiger partial charge is 0.305 e. The predicted molar refractivity (Wildman–Crippen MR) is 221 cm³/mol. The SMILES string of the molecule is CC[C@H](C)[C@@H]1NC(=O)CNC(=O)[C@@H]2Cc3c([nH]c4cc(O)ccc34)S(=O)(=O)C[C@H](NC(=O)CNC1=O)C(=O)N[C@@H](CC(=O)O)C(=O)N1C[C@H](O)C[C@]1(C=O)N[C@@H]([C@@H](C)[C@@H](O)CO)C(=O)N2. The number of aromatic nitrogens is 1. The predicted octanol–water partition coefficient (Wildman–Crippen LogP) is -5.65. The first-order valence-electron chi connectivity index (χ1n) is 20.6. The lowest BCUT2D eigenvalue weighted by atomic mass is 9.92. The Morgan fingerprint density at radius 1 is 0.923 bits per heavy atom. The highest BCUT2D eigenvalue weighted by molar-refractivity contribution is 7.91. The first kappa shape index (κ1) is 49.8. The molecule has 0 spiro atoms. The summed E-state index contributed by atoms with van der Waals surface area (Å²) in [6, 6.07) is -5.83. The molecule has 13 N–H and O–H groups in total. The summed E-state index contributed by atoms with van der Waals surface area (Å²) < 4.78 is 29.2. The van der Waals surface area contributed by atoms with Crippen LogP contribution in [0.1, 0.15) is 45.6 Å². The fourth-order valence-electron chi connectivity index (χ4n) is 7.99. The number of fused-ring (bicyclic) bond motifs is 5. The Balaban J connectivity index is 1.80. The number of phenolic OH excluding ortho intramolecular Hbond substituents is 1. The lowest BCUT2D eigenvalue weighted by molar-refractivity contribution is -0.149. The second-order valence-electron chi connectivity index (χ2n) is 16.4. The molecular weight excluding hydrogens is 883 g/mol. The Morgan fingerprint density at radius 2 is 1.58 bits per heavy atom. The first-order valence-corrected chi connectivity index (χ1v) is 22.2. The zero-order valence-electron chi connectivity index (χ0n) is 35.5. The van der Waals surface area contributed by atoms with E-state index in [4.69, 9.17) is 0 Å². The minimum atomic E-state index is -4.95. The maximum atomic E-state index is 14.6.